The molecule has 210 valence electrons. The minimum absolute atomic E-state index is 0.0234. The molecule has 0 N–H and O–H groups in total. The zero-order valence-corrected chi connectivity index (χ0v) is 23.1. The average Bonchev–Trinajstić information content (AvgIpc) is 2.92. The number of cyclic esters (lactones) is 1. The highest BCUT2D eigenvalue weighted by molar-refractivity contribution is 6.00. The summed E-state index contributed by atoms with van der Waals surface area (Å²) in [6, 6.07) is 13.3. The van der Waals surface area contributed by atoms with Crippen LogP contribution < -0.4 is 9.47 Å². The lowest BCUT2D eigenvalue weighted by Crippen LogP contribution is -2.19. The fourth-order valence-electron chi connectivity index (χ4n) is 3.78. The third-order valence-corrected chi connectivity index (χ3v) is 5.76. The molecule has 1 aliphatic rings. The minimum atomic E-state index is -0.487. The van der Waals surface area contributed by atoms with Gasteiger partial charge in [0.15, 0.2) is 13.6 Å². The zero-order valence-electron chi connectivity index (χ0n) is 23.1. The van der Waals surface area contributed by atoms with Crippen LogP contribution in [0.3, 0.4) is 0 Å². The van der Waals surface area contributed by atoms with E-state index in [1.807, 2.05) is 63.3 Å². The summed E-state index contributed by atoms with van der Waals surface area (Å²) in [5, 5.41) is 4.43. The monoisotopic (exact) mass is 537 g/mol. The number of carbonyl (C=O) groups excluding carboxylic acids is 1. The number of rotatable bonds is 11. The van der Waals surface area contributed by atoms with Gasteiger partial charge in [-0.3, -0.25) is 0 Å². The topological polar surface area (TPSA) is 84.8 Å². The van der Waals surface area contributed by atoms with Crippen molar-refractivity contribution < 1.29 is 33.3 Å². The van der Waals surface area contributed by atoms with Crippen molar-refractivity contribution in [2.24, 2.45) is 5.16 Å². The predicted octanol–water partition coefficient (Wildman–Crippen LogP) is 6.39. The molecule has 0 fully saturated rings. The van der Waals surface area contributed by atoms with Gasteiger partial charge in [-0.15, -0.1) is 0 Å². The van der Waals surface area contributed by atoms with Crippen LogP contribution in [0.2, 0.25) is 0 Å². The largest absolute Gasteiger partial charge is 0.467 e. The maximum Gasteiger partial charge on any atom is 0.342 e. The fourth-order valence-corrected chi connectivity index (χ4v) is 3.78. The van der Waals surface area contributed by atoms with E-state index in [0.29, 0.717) is 54.6 Å². The summed E-state index contributed by atoms with van der Waals surface area (Å²) in [7, 11) is 0. The second-order valence-corrected chi connectivity index (χ2v) is 8.89. The molecule has 0 saturated carbocycles. The van der Waals surface area contributed by atoms with Crippen LogP contribution in [0.5, 0.6) is 11.5 Å². The second-order valence-electron chi connectivity index (χ2n) is 8.89. The Morgan fingerprint density at radius 1 is 0.949 bits per heavy atom. The third kappa shape index (κ3) is 10.6. The lowest BCUT2D eigenvalue weighted by molar-refractivity contribution is 0.0161. The van der Waals surface area contributed by atoms with Crippen molar-refractivity contribution in [2.45, 2.75) is 59.2 Å². The smallest absolute Gasteiger partial charge is 0.342 e. The molecule has 8 nitrogen and oxygen atoms in total. The van der Waals surface area contributed by atoms with E-state index in [9.17, 15) is 4.79 Å². The van der Waals surface area contributed by atoms with Crippen LogP contribution in [0, 0.1) is 0 Å². The van der Waals surface area contributed by atoms with Crippen molar-refractivity contribution in [3.05, 3.63) is 83.5 Å². The van der Waals surface area contributed by atoms with Gasteiger partial charge in [-0.05, 0) is 56.9 Å². The van der Waals surface area contributed by atoms with E-state index >= 15 is 0 Å². The summed E-state index contributed by atoms with van der Waals surface area (Å²) >= 11 is 0. The lowest BCUT2D eigenvalue weighted by Gasteiger charge is -2.19. The highest BCUT2D eigenvalue weighted by atomic mass is 16.7. The zero-order chi connectivity index (χ0) is 27.7. The van der Waals surface area contributed by atoms with E-state index in [-0.39, 0.29) is 26.1 Å². The summed E-state index contributed by atoms with van der Waals surface area (Å²) < 4.78 is 28.3. The SMILES string of the molecule is CCOCOc1cc2c(c(OCOCC)c1)C(=O)O[C@H](C)C/C=C/CC/C=C/C(=N/OCc1ccccc1)C2. The molecule has 0 amide bonds. The van der Waals surface area contributed by atoms with E-state index < -0.39 is 5.97 Å². The molecule has 2 aromatic rings. The Balaban J connectivity index is 2.01. The van der Waals surface area contributed by atoms with Gasteiger partial charge in [0, 0.05) is 32.1 Å². The molecule has 0 saturated heterocycles. The van der Waals surface area contributed by atoms with Gasteiger partial charge < -0.3 is 28.5 Å². The molecule has 0 unspecified atom stereocenters. The molecule has 1 aliphatic heterocycles. The number of hydrogen-bond donors (Lipinski definition) is 0. The molecule has 2 aromatic carbocycles. The van der Waals surface area contributed by atoms with E-state index in [2.05, 4.69) is 17.3 Å². The van der Waals surface area contributed by atoms with E-state index in [0.717, 1.165) is 18.4 Å². The van der Waals surface area contributed by atoms with Crippen LogP contribution in [0.4, 0.5) is 0 Å². The van der Waals surface area contributed by atoms with Crippen LogP contribution in [0.1, 0.15) is 61.5 Å². The third-order valence-electron chi connectivity index (χ3n) is 5.76. The molecular weight excluding hydrogens is 498 g/mol. The quantitative estimate of drug-likeness (QED) is 0.108. The Hall–Kier alpha value is -3.62. The van der Waals surface area contributed by atoms with Gasteiger partial charge in [0.2, 0.25) is 0 Å². The summed E-state index contributed by atoms with van der Waals surface area (Å²) in [6.45, 7) is 6.98. The Morgan fingerprint density at radius 2 is 1.69 bits per heavy atom. The molecule has 1 atom stereocenters. The van der Waals surface area contributed by atoms with Gasteiger partial charge in [0.05, 0.1) is 5.71 Å². The van der Waals surface area contributed by atoms with Crippen molar-refractivity contribution in [1.29, 1.82) is 0 Å². The molecule has 39 heavy (non-hydrogen) atoms. The number of allylic oxidation sites excluding steroid dienone is 3. The lowest BCUT2D eigenvalue weighted by atomic mass is 9.99. The first-order chi connectivity index (χ1) is 19.1. The maximum absolute atomic E-state index is 13.5. The number of benzene rings is 2. The number of oxime groups is 1. The average molecular weight is 538 g/mol. The fraction of sp³-hybridized carbons (Fsp3) is 0.419. The Bertz CT molecular complexity index is 1110. The Kier molecular flexibility index (Phi) is 13.1. The van der Waals surface area contributed by atoms with Gasteiger partial charge >= 0.3 is 5.97 Å². The van der Waals surface area contributed by atoms with Gasteiger partial charge in [-0.1, -0.05) is 53.7 Å². The number of carbonyl (C=O) groups is 1. The van der Waals surface area contributed by atoms with Gasteiger partial charge in [0.25, 0.3) is 0 Å². The summed E-state index contributed by atoms with van der Waals surface area (Å²) in [6.07, 6.45) is 10.4. The van der Waals surface area contributed by atoms with Crippen molar-refractivity contribution in [2.75, 3.05) is 26.8 Å². The minimum Gasteiger partial charge on any atom is -0.467 e. The van der Waals surface area contributed by atoms with Crippen molar-refractivity contribution >= 4 is 11.7 Å². The maximum atomic E-state index is 13.5. The number of nitrogens with zero attached hydrogens (tertiary/aromatic N) is 1. The second kappa shape index (κ2) is 17.1. The van der Waals surface area contributed by atoms with Crippen LogP contribution in [0.15, 0.2) is 71.9 Å². The Morgan fingerprint density at radius 3 is 2.46 bits per heavy atom. The molecule has 8 heteroatoms. The van der Waals surface area contributed by atoms with E-state index in [4.69, 9.17) is 28.5 Å². The summed E-state index contributed by atoms with van der Waals surface area (Å²) in [4.78, 5) is 19.2. The van der Waals surface area contributed by atoms with Crippen molar-refractivity contribution in [1.82, 2.24) is 0 Å². The molecule has 1 heterocycles. The van der Waals surface area contributed by atoms with E-state index in [1.54, 1.807) is 12.1 Å². The predicted molar refractivity (Wildman–Crippen MR) is 150 cm³/mol. The van der Waals surface area contributed by atoms with Crippen molar-refractivity contribution in [3.63, 3.8) is 0 Å². The molecule has 0 spiro atoms. The molecule has 0 bridgehead atoms. The normalized spacial score (nSPS) is 18.9. The van der Waals surface area contributed by atoms with Crippen LogP contribution in [-0.4, -0.2) is 44.6 Å². The van der Waals surface area contributed by atoms with Crippen LogP contribution >= 0.6 is 0 Å². The molecular formula is C31H39NO7. The number of ether oxygens (including phenoxy) is 5. The van der Waals surface area contributed by atoms with E-state index in [1.165, 1.54) is 0 Å². The number of fused-ring (bicyclic) bond motifs is 1. The molecule has 0 aromatic heterocycles. The van der Waals surface area contributed by atoms with Gasteiger partial charge in [-0.2, -0.15) is 0 Å². The standard InChI is InChI=1S/C31H39NO7/c1-4-34-22-36-28-19-26-18-27(32-38-21-25-15-11-9-12-16-25)17-13-8-6-7-10-14-24(3)39-31(33)30(26)29(20-28)37-23-35-5-2/h7,9-13,15-17,19-20,24H,4-6,8,14,18,21-23H2,1-3H3/b10-7+,17-13+,32-27-/t24-/m1/s1. The Labute approximate surface area is 231 Å². The molecule has 0 radical (unpaired) electrons. The van der Waals surface area contributed by atoms with Crippen molar-refractivity contribution in [3.8, 4) is 11.5 Å². The molecule has 0 aliphatic carbocycles. The first-order valence-corrected chi connectivity index (χ1v) is 13.4. The number of esters is 1. The van der Waals surface area contributed by atoms with Crippen LogP contribution in [0.25, 0.3) is 0 Å². The first kappa shape index (κ1) is 29.9. The summed E-state index contributed by atoms with van der Waals surface area (Å²) in [5.41, 5.74) is 2.59. The first-order valence-electron chi connectivity index (χ1n) is 13.4. The van der Waals surface area contributed by atoms with Gasteiger partial charge in [-0.25, -0.2) is 4.79 Å². The van der Waals surface area contributed by atoms with Gasteiger partial charge in [0.1, 0.15) is 29.8 Å². The molecule has 3 rings (SSSR count). The van der Waals surface area contributed by atoms with Crippen LogP contribution in [-0.2, 0) is 32.1 Å². The summed E-state index contributed by atoms with van der Waals surface area (Å²) in [5.74, 6) is 0.312. The highest BCUT2D eigenvalue weighted by Gasteiger charge is 2.24. The number of hydrogen-bond acceptors (Lipinski definition) is 8. The highest BCUT2D eigenvalue weighted by Crippen LogP contribution is 2.31.